The minimum atomic E-state index is -0.711. The van der Waals surface area contributed by atoms with Crippen molar-refractivity contribution in [2.24, 2.45) is 0 Å². The van der Waals surface area contributed by atoms with Crippen molar-refractivity contribution in [3.8, 4) is 5.75 Å². The number of hydrogen-bond acceptors (Lipinski definition) is 4. The van der Waals surface area contributed by atoms with Gasteiger partial charge in [0.2, 0.25) is 5.91 Å². The summed E-state index contributed by atoms with van der Waals surface area (Å²) in [4.78, 5) is 28.2. The Morgan fingerprint density at radius 3 is 2.55 bits per heavy atom. The molecule has 0 saturated carbocycles. The quantitative estimate of drug-likeness (QED) is 0.705. The fourth-order valence-corrected chi connectivity index (χ4v) is 3.54. The molecule has 1 fully saturated rings. The van der Waals surface area contributed by atoms with E-state index in [0.717, 1.165) is 0 Å². The van der Waals surface area contributed by atoms with Crippen LogP contribution >= 0.6 is 12.2 Å². The average Bonchev–Trinajstić information content (AvgIpc) is 2.91. The lowest BCUT2D eigenvalue weighted by molar-refractivity contribution is -0.130. The maximum absolute atomic E-state index is 13.9. The maximum atomic E-state index is 13.9. The molecule has 0 aromatic heterocycles. The number of nitrogens with one attached hydrogen (secondary N) is 1. The van der Waals surface area contributed by atoms with Crippen LogP contribution in [0.3, 0.4) is 0 Å². The number of amides is 2. The van der Waals surface area contributed by atoms with Gasteiger partial charge in [0.1, 0.15) is 17.6 Å². The van der Waals surface area contributed by atoms with E-state index in [4.69, 9.17) is 17.0 Å². The van der Waals surface area contributed by atoms with E-state index in [9.17, 15) is 14.0 Å². The second kappa shape index (κ2) is 9.00. The van der Waals surface area contributed by atoms with Crippen molar-refractivity contribution in [2.75, 3.05) is 26.0 Å². The summed E-state index contributed by atoms with van der Waals surface area (Å²) in [5.41, 5.74) is 1.15. The van der Waals surface area contributed by atoms with Gasteiger partial charge in [-0.25, -0.2) is 4.39 Å². The molecule has 152 valence electrons. The van der Waals surface area contributed by atoms with E-state index >= 15 is 0 Å². The minimum Gasteiger partial charge on any atom is -0.497 e. The van der Waals surface area contributed by atoms with Crippen LogP contribution in [0.2, 0.25) is 0 Å². The molecule has 3 rings (SSSR count). The van der Waals surface area contributed by atoms with E-state index in [1.54, 1.807) is 61.5 Å². The molecular formula is C21H22FN3O3S. The fraction of sp³-hybridized carbons (Fsp3) is 0.286. The highest BCUT2D eigenvalue weighted by Crippen LogP contribution is 2.22. The molecule has 0 aliphatic carbocycles. The molecule has 0 bridgehead atoms. The average molecular weight is 415 g/mol. The van der Waals surface area contributed by atoms with E-state index in [-0.39, 0.29) is 24.1 Å². The van der Waals surface area contributed by atoms with Gasteiger partial charge in [-0.05, 0) is 54.5 Å². The van der Waals surface area contributed by atoms with Gasteiger partial charge in [-0.3, -0.25) is 14.5 Å². The zero-order chi connectivity index (χ0) is 21.0. The predicted octanol–water partition coefficient (Wildman–Crippen LogP) is 2.83. The first-order valence-electron chi connectivity index (χ1n) is 9.16. The molecule has 1 aliphatic heterocycles. The third kappa shape index (κ3) is 4.71. The Bertz CT molecular complexity index is 920. The van der Waals surface area contributed by atoms with Crippen molar-refractivity contribution in [3.63, 3.8) is 0 Å². The molecule has 6 nitrogen and oxygen atoms in total. The molecule has 1 atom stereocenters. The molecule has 8 heteroatoms. The topological polar surface area (TPSA) is 61.9 Å². The van der Waals surface area contributed by atoms with Crippen LogP contribution in [-0.4, -0.2) is 53.5 Å². The first-order chi connectivity index (χ1) is 13.9. The van der Waals surface area contributed by atoms with Gasteiger partial charge < -0.3 is 15.0 Å². The Kier molecular flexibility index (Phi) is 6.43. The number of hydrogen-bond donors (Lipinski definition) is 1. The summed E-state index contributed by atoms with van der Waals surface area (Å²) >= 11 is 5.37. The minimum absolute atomic E-state index is 0.0490. The number of rotatable bonds is 7. The lowest BCUT2D eigenvalue weighted by Crippen LogP contribution is -2.39. The lowest BCUT2D eigenvalue weighted by Gasteiger charge is -2.23. The van der Waals surface area contributed by atoms with E-state index in [1.165, 1.54) is 11.0 Å². The number of ether oxygens (including phenoxy) is 1. The van der Waals surface area contributed by atoms with Crippen molar-refractivity contribution in [2.45, 2.75) is 18.9 Å². The normalized spacial score (nSPS) is 16.3. The number of carbonyl (C=O) groups excluding carboxylic acids is 2. The zero-order valence-electron chi connectivity index (χ0n) is 16.2. The Labute approximate surface area is 174 Å². The number of thiocarbonyl (C=S) groups is 1. The molecule has 1 aliphatic rings. The molecule has 0 radical (unpaired) electrons. The summed E-state index contributed by atoms with van der Waals surface area (Å²) in [7, 11) is 3.15. The Morgan fingerprint density at radius 2 is 1.90 bits per heavy atom. The Balaban J connectivity index is 1.67. The highest BCUT2D eigenvalue weighted by atomic mass is 32.1. The molecular weight excluding hydrogens is 393 g/mol. The van der Waals surface area contributed by atoms with Gasteiger partial charge >= 0.3 is 0 Å². The van der Waals surface area contributed by atoms with Gasteiger partial charge in [0.25, 0.3) is 5.91 Å². The van der Waals surface area contributed by atoms with E-state index < -0.39 is 6.04 Å². The third-order valence-corrected chi connectivity index (χ3v) is 5.37. The smallest absolute Gasteiger partial charge is 0.251 e. The van der Waals surface area contributed by atoms with Crippen molar-refractivity contribution >= 4 is 34.8 Å². The molecule has 29 heavy (non-hydrogen) atoms. The molecule has 2 aromatic carbocycles. The molecule has 0 spiro atoms. The Morgan fingerprint density at radius 1 is 1.21 bits per heavy atom. The van der Waals surface area contributed by atoms with Crippen LogP contribution in [0.25, 0.3) is 0 Å². The first kappa shape index (κ1) is 20.7. The van der Waals surface area contributed by atoms with Gasteiger partial charge in [-0.15, -0.1) is 0 Å². The van der Waals surface area contributed by atoms with Gasteiger partial charge in [-0.2, -0.15) is 0 Å². The largest absolute Gasteiger partial charge is 0.497 e. The number of carbonyl (C=O) groups is 2. The monoisotopic (exact) mass is 415 g/mol. The summed E-state index contributed by atoms with van der Waals surface area (Å²) in [6.45, 7) is 0.344. The number of halogens is 1. The van der Waals surface area contributed by atoms with Crippen molar-refractivity contribution < 1.29 is 18.7 Å². The second-order valence-corrected chi connectivity index (χ2v) is 7.08. The Hall–Kier alpha value is -3.00. The van der Waals surface area contributed by atoms with Crippen LogP contribution in [0.4, 0.5) is 10.1 Å². The van der Waals surface area contributed by atoms with Crippen molar-refractivity contribution in [1.82, 2.24) is 9.80 Å². The lowest BCUT2D eigenvalue weighted by atomic mass is 10.1. The maximum Gasteiger partial charge on any atom is 0.251 e. The number of methoxy groups -OCH3 is 1. The van der Waals surface area contributed by atoms with Crippen LogP contribution in [0.5, 0.6) is 5.75 Å². The molecule has 0 unspecified atom stereocenters. The molecule has 1 heterocycles. The standard InChI is InChI=1S/C21H22FN3O3S/c1-24-20(27)18(13-19(26)23-15-7-9-16(28-2)10-8-15)25(21(24)29)12-11-14-5-3-4-6-17(14)22/h3-10,18H,11-13H2,1-2H3,(H,23,26)/t18-/m0/s1. The summed E-state index contributed by atoms with van der Waals surface area (Å²) in [6, 6.07) is 12.7. The molecule has 2 aromatic rings. The number of anilines is 1. The van der Waals surface area contributed by atoms with Gasteiger partial charge in [-0.1, -0.05) is 18.2 Å². The summed E-state index contributed by atoms with van der Waals surface area (Å²) < 4.78 is 19.0. The summed E-state index contributed by atoms with van der Waals surface area (Å²) in [5.74, 6) is -0.165. The van der Waals surface area contributed by atoms with E-state index in [1.807, 2.05) is 0 Å². The van der Waals surface area contributed by atoms with Gasteiger partial charge in [0.15, 0.2) is 5.11 Å². The van der Waals surface area contributed by atoms with Crippen LogP contribution in [0, 0.1) is 5.82 Å². The summed E-state index contributed by atoms with van der Waals surface area (Å²) in [6.07, 6.45) is 0.331. The highest BCUT2D eigenvalue weighted by molar-refractivity contribution is 7.80. The fourth-order valence-electron chi connectivity index (χ4n) is 3.23. The predicted molar refractivity (Wildman–Crippen MR) is 112 cm³/mol. The number of benzene rings is 2. The number of likely N-dealkylation sites (N-methyl/N-ethyl adjacent to an activating group) is 1. The summed E-state index contributed by atoms with van der Waals surface area (Å²) in [5, 5.41) is 3.12. The highest BCUT2D eigenvalue weighted by Gasteiger charge is 2.41. The zero-order valence-corrected chi connectivity index (χ0v) is 17.0. The molecule has 2 amide bonds. The van der Waals surface area contributed by atoms with Crippen molar-refractivity contribution in [3.05, 3.63) is 59.9 Å². The molecule has 1 N–H and O–H groups in total. The van der Waals surface area contributed by atoms with Crippen LogP contribution in [0.15, 0.2) is 48.5 Å². The van der Waals surface area contributed by atoms with E-state index in [0.29, 0.717) is 35.1 Å². The third-order valence-electron chi connectivity index (χ3n) is 4.86. The second-order valence-electron chi connectivity index (χ2n) is 6.71. The number of nitrogens with zero attached hydrogens (tertiary/aromatic N) is 2. The van der Waals surface area contributed by atoms with E-state index in [2.05, 4.69) is 5.32 Å². The van der Waals surface area contributed by atoms with Crippen LogP contribution in [0.1, 0.15) is 12.0 Å². The van der Waals surface area contributed by atoms with Crippen molar-refractivity contribution in [1.29, 1.82) is 0 Å². The van der Waals surface area contributed by atoms with Gasteiger partial charge in [0.05, 0.1) is 13.5 Å². The van der Waals surface area contributed by atoms with Gasteiger partial charge in [0, 0.05) is 19.3 Å². The molecule has 1 saturated heterocycles. The van der Waals surface area contributed by atoms with Crippen LogP contribution < -0.4 is 10.1 Å². The van der Waals surface area contributed by atoms with Crippen LogP contribution in [-0.2, 0) is 16.0 Å². The first-order valence-corrected chi connectivity index (χ1v) is 9.57. The SMILES string of the molecule is COc1ccc(NC(=O)C[C@H]2C(=O)N(C)C(=S)N2CCc2ccccc2F)cc1.